The molecule has 0 bridgehead atoms. The van der Waals surface area contributed by atoms with Gasteiger partial charge in [-0.2, -0.15) is 0 Å². The van der Waals surface area contributed by atoms with Crippen molar-refractivity contribution in [3.8, 4) is 17.0 Å². The molecule has 0 spiro atoms. The number of hydrogen-bond donors (Lipinski definition) is 1. The van der Waals surface area contributed by atoms with E-state index in [2.05, 4.69) is 11.9 Å². The summed E-state index contributed by atoms with van der Waals surface area (Å²) in [4.78, 5) is 4.96. The third kappa shape index (κ3) is 3.14. The highest BCUT2D eigenvalue weighted by atomic mass is 32.1. The van der Waals surface area contributed by atoms with Gasteiger partial charge < -0.3 is 10.5 Å². The van der Waals surface area contributed by atoms with E-state index in [1.54, 1.807) is 0 Å². The Morgan fingerprint density at radius 3 is 2.65 bits per heavy atom. The highest BCUT2D eigenvalue weighted by Crippen LogP contribution is 2.29. The van der Waals surface area contributed by atoms with Gasteiger partial charge in [0.1, 0.15) is 10.7 Å². The SMILES string of the molecule is CCCOc1ccccc1-c1ccc(C(N)=S)c(C)n1. The predicted octanol–water partition coefficient (Wildman–Crippen LogP) is 3.48. The number of ether oxygens (including phenoxy) is 1. The zero-order chi connectivity index (χ0) is 14.5. The smallest absolute Gasteiger partial charge is 0.128 e. The molecule has 0 radical (unpaired) electrons. The fourth-order valence-corrected chi connectivity index (χ4v) is 2.20. The molecule has 0 aliphatic rings. The number of aryl methyl sites for hydroxylation is 1. The highest BCUT2D eigenvalue weighted by molar-refractivity contribution is 7.80. The van der Waals surface area contributed by atoms with Gasteiger partial charge in [0, 0.05) is 16.8 Å². The molecule has 0 fully saturated rings. The van der Waals surface area contributed by atoms with Crippen LogP contribution in [0.15, 0.2) is 36.4 Å². The van der Waals surface area contributed by atoms with E-state index in [-0.39, 0.29) is 0 Å². The van der Waals surface area contributed by atoms with Gasteiger partial charge in [0.25, 0.3) is 0 Å². The highest BCUT2D eigenvalue weighted by Gasteiger charge is 2.10. The van der Waals surface area contributed by atoms with Crippen molar-refractivity contribution >= 4 is 17.2 Å². The molecule has 1 aromatic heterocycles. The van der Waals surface area contributed by atoms with Crippen LogP contribution in [0.5, 0.6) is 5.75 Å². The van der Waals surface area contributed by atoms with Gasteiger partial charge >= 0.3 is 0 Å². The van der Waals surface area contributed by atoms with Gasteiger partial charge in [-0.1, -0.05) is 31.3 Å². The minimum atomic E-state index is 0.372. The van der Waals surface area contributed by atoms with E-state index < -0.39 is 0 Å². The van der Waals surface area contributed by atoms with Crippen LogP contribution in [0.4, 0.5) is 0 Å². The molecule has 0 aliphatic carbocycles. The van der Waals surface area contributed by atoms with Gasteiger partial charge in [0.2, 0.25) is 0 Å². The minimum Gasteiger partial charge on any atom is -0.493 e. The Morgan fingerprint density at radius 2 is 2.00 bits per heavy atom. The molecule has 3 nitrogen and oxygen atoms in total. The Kier molecular flexibility index (Phi) is 4.69. The lowest BCUT2D eigenvalue weighted by Gasteiger charge is -2.12. The first-order chi connectivity index (χ1) is 9.63. The van der Waals surface area contributed by atoms with Crippen LogP contribution in [0, 0.1) is 6.92 Å². The van der Waals surface area contributed by atoms with Crippen LogP contribution in [0.2, 0.25) is 0 Å². The summed E-state index contributed by atoms with van der Waals surface area (Å²) >= 11 is 5.01. The first-order valence-corrected chi connectivity index (χ1v) is 7.04. The number of aromatic nitrogens is 1. The molecule has 0 unspecified atom stereocenters. The van der Waals surface area contributed by atoms with Crippen molar-refractivity contribution in [1.82, 2.24) is 4.98 Å². The fraction of sp³-hybridized carbons (Fsp3) is 0.250. The average molecular weight is 286 g/mol. The van der Waals surface area contributed by atoms with E-state index in [4.69, 9.17) is 22.7 Å². The summed E-state index contributed by atoms with van der Waals surface area (Å²) in [5.74, 6) is 0.851. The van der Waals surface area contributed by atoms with Crippen LogP contribution in [-0.4, -0.2) is 16.6 Å². The molecule has 2 rings (SSSR count). The number of pyridine rings is 1. The van der Waals surface area contributed by atoms with Gasteiger partial charge in [0.05, 0.1) is 12.3 Å². The zero-order valence-electron chi connectivity index (χ0n) is 11.7. The molecule has 2 aromatic rings. The Labute approximate surface area is 124 Å². The van der Waals surface area contributed by atoms with Crippen molar-refractivity contribution in [3.05, 3.63) is 47.7 Å². The van der Waals surface area contributed by atoms with Gasteiger partial charge in [-0.05, 0) is 37.6 Å². The number of nitrogens with zero attached hydrogens (tertiary/aromatic N) is 1. The Hall–Kier alpha value is -1.94. The summed E-state index contributed by atoms with van der Waals surface area (Å²) in [6, 6.07) is 11.8. The Balaban J connectivity index is 2.41. The molecule has 2 N–H and O–H groups in total. The van der Waals surface area contributed by atoms with Crippen LogP contribution in [-0.2, 0) is 0 Å². The van der Waals surface area contributed by atoms with Crippen LogP contribution in [0.3, 0.4) is 0 Å². The normalized spacial score (nSPS) is 10.3. The topological polar surface area (TPSA) is 48.1 Å². The molecule has 0 amide bonds. The zero-order valence-corrected chi connectivity index (χ0v) is 12.5. The van der Waals surface area contributed by atoms with Gasteiger partial charge in [-0.15, -0.1) is 0 Å². The first kappa shape index (κ1) is 14.5. The standard InChI is InChI=1S/C16H18N2OS/c1-3-10-19-15-7-5-4-6-13(15)14-9-8-12(16(17)20)11(2)18-14/h4-9H,3,10H2,1-2H3,(H2,17,20). The lowest BCUT2D eigenvalue weighted by atomic mass is 10.1. The van der Waals surface area contributed by atoms with E-state index in [1.165, 1.54) is 0 Å². The predicted molar refractivity (Wildman–Crippen MR) is 86.1 cm³/mol. The minimum absolute atomic E-state index is 0.372. The molecule has 0 saturated heterocycles. The maximum Gasteiger partial charge on any atom is 0.128 e. The fourth-order valence-electron chi connectivity index (χ4n) is 1.99. The molecular weight excluding hydrogens is 268 g/mol. The number of nitrogens with two attached hydrogens (primary N) is 1. The maximum absolute atomic E-state index is 5.77. The summed E-state index contributed by atoms with van der Waals surface area (Å²) in [5.41, 5.74) is 9.17. The number of benzene rings is 1. The molecular formula is C16H18N2OS. The molecule has 0 aliphatic heterocycles. The third-order valence-corrected chi connectivity index (χ3v) is 3.20. The molecule has 0 atom stereocenters. The quantitative estimate of drug-likeness (QED) is 0.855. The van der Waals surface area contributed by atoms with E-state index >= 15 is 0 Å². The number of hydrogen-bond acceptors (Lipinski definition) is 3. The molecule has 1 aromatic carbocycles. The van der Waals surface area contributed by atoms with E-state index in [0.717, 1.165) is 34.7 Å². The molecule has 20 heavy (non-hydrogen) atoms. The lowest BCUT2D eigenvalue weighted by molar-refractivity contribution is 0.318. The van der Waals surface area contributed by atoms with E-state index in [9.17, 15) is 0 Å². The van der Waals surface area contributed by atoms with Crippen molar-refractivity contribution in [2.24, 2.45) is 5.73 Å². The van der Waals surface area contributed by atoms with Crippen LogP contribution in [0.1, 0.15) is 24.6 Å². The van der Waals surface area contributed by atoms with E-state index in [1.807, 2.05) is 43.3 Å². The summed E-state index contributed by atoms with van der Waals surface area (Å²) in [7, 11) is 0. The van der Waals surface area contributed by atoms with Crippen LogP contribution < -0.4 is 10.5 Å². The number of rotatable bonds is 5. The average Bonchev–Trinajstić information content (AvgIpc) is 2.45. The molecule has 1 heterocycles. The summed E-state index contributed by atoms with van der Waals surface area (Å²) < 4.78 is 5.77. The van der Waals surface area contributed by atoms with Gasteiger partial charge in [-0.25, -0.2) is 0 Å². The second-order valence-corrected chi connectivity index (χ2v) is 4.98. The number of para-hydroxylation sites is 1. The molecule has 4 heteroatoms. The van der Waals surface area contributed by atoms with Crippen molar-refractivity contribution in [1.29, 1.82) is 0 Å². The van der Waals surface area contributed by atoms with Crippen molar-refractivity contribution in [2.75, 3.05) is 6.61 Å². The Bertz CT molecular complexity index is 626. The summed E-state index contributed by atoms with van der Waals surface area (Å²) in [6.45, 7) is 4.69. The van der Waals surface area contributed by atoms with Gasteiger partial charge in [0.15, 0.2) is 0 Å². The molecule has 104 valence electrons. The van der Waals surface area contributed by atoms with Crippen molar-refractivity contribution in [3.63, 3.8) is 0 Å². The van der Waals surface area contributed by atoms with Crippen LogP contribution >= 0.6 is 12.2 Å². The third-order valence-electron chi connectivity index (χ3n) is 2.98. The maximum atomic E-state index is 5.77. The number of thiocarbonyl (C=S) groups is 1. The summed E-state index contributed by atoms with van der Waals surface area (Å²) in [6.07, 6.45) is 0.973. The van der Waals surface area contributed by atoms with Crippen LogP contribution in [0.25, 0.3) is 11.3 Å². The second kappa shape index (κ2) is 6.48. The second-order valence-electron chi connectivity index (χ2n) is 4.54. The molecule has 0 saturated carbocycles. The van der Waals surface area contributed by atoms with Crippen molar-refractivity contribution in [2.45, 2.75) is 20.3 Å². The first-order valence-electron chi connectivity index (χ1n) is 6.63. The summed E-state index contributed by atoms with van der Waals surface area (Å²) in [5, 5.41) is 0. The largest absolute Gasteiger partial charge is 0.493 e. The van der Waals surface area contributed by atoms with E-state index in [0.29, 0.717) is 11.6 Å². The van der Waals surface area contributed by atoms with Gasteiger partial charge in [-0.3, -0.25) is 4.98 Å². The van der Waals surface area contributed by atoms with Crippen molar-refractivity contribution < 1.29 is 4.74 Å². The lowest BCUT2D eigenvalue weighted by Crippen LogP contribution is -2.12. The Morgan fingerprint density at radius 1 is 1.25 bits per heavy atom. The monoisotopic (exact) mass is 286 g/mol.